The van der Waals surface area contributed by atoms with Crippen molar-refractivity contribution >= 4 is 23.3 Å². The number of hydrogen-bond acceptors (Lipinski definition) is 6. The van der Waals surface area contributed by atoms with E-state index in [0.717, 1.165) is 6.42 Å². The van der Waals surface area contributed by atoms with Crippen LogP contribution in [0.2, 0.25) is 0 Å². The summed E-state index contributed by atoms with van der Waals surface area (Å²) in [7, 11) is 0. The number of ketones is 1. The molecule has 0 aliphatic carbocycles. The molecule has 0 aliphatic rings. The van der Waals surface area contributed by atoms with Gasteiger partial charge in [0.25, 0.3) is 0 Å². The summed E-state index contributed by atoms with van der Waals surface area (Å²) < 4.78 is 12.1. The summed E-state index contributed by atoms with van der Waals surface area (Å²) in [4.78, 5) is 35.9. The highest BCUT2D eigenvalue weighted by atomic mass is 16.5. The second-order valence-corrected chi connectivity index (χ2v) is 6.34. The van der Waals surface area contributed by atoms with E-state index in [1.807, 2.05) is 6.92 Å². The number of esters is 1. The number of rotatable bonds is 9. The van der Waals surface area contributed by atoms with Crippen LogP contribution in [0, 0.1) is 0 Å². The smallest absolute Gasteiger partial charge is 0.374 e. The number of nitrogens with one attached hydrogen (secondary N) is 1. The van der Waals surface area contributed by atoms with Gasteiger partial charge in [-0.3, -0.25) is 14.3 Å². The van der Waals surface area contributed by atoms with Gasteiger partial charge in [0.05, 0.1) is 6.54 Å². The molecule has 0 radical (unpaired) electrons. The molecule has 3 rings (SSSR count). The number of aromatic nitrogens is 2. The van der Waals surface area contributed by atoms with E-state index in [1.54, 1.807) is 53.5 Å². The summed E-state index contributed by atoms with van der Waals surface area (Å²) in [5.41, 5.74) is 0.988. The van der Waals surface area contributed by atoms with Gasteiger partial charge in [-0.25, -0.2) is 4.79 Å². The van der Waals surface area contributed by atoms with Crippen molar-refractivity contribution < 1.29 is 23.5 Å². The maximum Gasteiger partial charge on any atom is 0.374 e. The molecule has 8 heteroatoms. The quantitative estimate of drug-likeness (QED) is 0.440. The molecule has 0 fully saturated rings. The molecule has 0 atom stereocenters. The van der Waals surface area contributed by atoms with E-state index in [4.69, 9.17) is 9.15 Å². The molecule has 2 aromatic heterocycles. The third-order valence-electron chi connectivity index (χ3n) is 4.04. The standard InChI is InChI=1S/C21H21N3O5/c1-2-4-20(26)23-16-7-5-15(6-8-16)18(25)14-28-21(27)19-10-9-17(29-19)13-24-12-3-11-22-24/h3,5-12H,2,4,13-14H2,1H3,(H,23,26). The van der Waals surface area contributed by atoms with Crippen LogP contribution < -0.4 is 5.32 Å². The van der Waals surface area contributed by atoms with E-state index in [1.165, 1.54) is 6.07 Å². The second-order valence-electron chi connectivity index (χ2n) is 6.34. The highest BCUT2D eigenvalue weighted by Crippen LogP contribution is 2.13. The van der Waals surface area contributed by atoms with E-state index in [0.29, 0.717) is 30.0 Å². The molecule has 1 amide bonds. The maximum atomic E-state index is 12.2. The molecule has 3 aromatic rings. The van der Waals surface area contributed by atoms with Crippen molar-refractivity contribution in [2.75, 3.05) is 11.9 Å². The molecule has 8 nitrogen and oxygen atoms in total. The zero-order valence-corrected chi connectivity index (χ0v) is 16.0. The molecule has 2 heterocycles. The Morgan fingerprint density at radius 2 is 1.93 bits per heavy atom. The molecule has 1 N–H and O–H groups in total. The van der Waals surface area contributed by atoms with Crippen LogP contribution in [0.25, 0.3) is 0 Å². The third-order valence-corrected chi connectivity index (χ3v) is 4.04. The fourth-order valence-electron chi connectivity index (χ4n) is 2.60. The molecule has 0 saturated heterocycles. The highest BCUT2D eigenvalue weighted by Gasteiger charge is 2.16. The number of amides is 1. The summed E-state index contributed by atoms with van der Waals surface area (Å²) in [6.07, 6.45) is 4.62. The maximum absolute atomic E-state index is 12.2. The lowest BCUT2D eigenvalue weighted by molar-refractivity contribution is -0.116. The Morgan fingerprint density at radius 3 is 2.62 bits per heavy atom. The lowest BCUT2D eigenvalue weighted by Crippen LogP contribution is -2.14. The molecule has 0 spiro atoms. The largest absolute Gasteiger partial charge is 0.452 e. The van der Waals surface area contributed by atoms with Crippen LogP contribution in [0.15, 0.2) is 59.3 Å². The van der Waals surface area contributed by atoms with E-state index in [9.17, 15) is 14.4 Å². The van der Waals surface area contributed by atoms with Crippen molar-refractivity contribution in [2.24, 2.45) is 0 Å². The fourth-order valence-corrected chi connectivity index (χ4v) is 2.60. The third kappa shape index (κ3) is 5.65. The first kappa shape index (κ1) is 20.1. The Labute approximate surface area is 167 Å². The number of nitrogens with zero attached hydrogens (tertiary/aromatic N) is 2. The number of benzene rings is 1. The predicted molar refractivity (Wildman–Crippen MR) is 105 cm³/mol. The first-order valence-electron chi connectivity index (χ1n) is 9.21. The van der Waals surface area contributed by atoms with Crippen LogP contribution in [0.5, 0.6) is 0 Å². The predicted octanol–water partition coefficient (Wildman–Crippen LogP) is 3.30. The van der Waals surface area contributed by atoms with Gasteiger partial charge in [0.1, 0.15) is 5.76 Å². The monoisotopic (exact) mass is 395 g/mol. The lowest BCUT2D eigenvalue weighted by Gasteiger charge is -2.06. The van der Waals surface area contributed by atoms with Crippen molar-refractivity contribution in [3.05, 3.63) is 71.9 Å². The van der Waals surface area contributed by atoms with E-state index in [2.05, 4.69) is 10.4 Å². The Kier molecular flexibility index (Phi) is 6.57. The van der Waals surface area contributed by atoms with Gasteiger partial charge >= 0.3 is 5.97 Å². The minimum atomic E-state index is -0.714. The number of Topliss-reactive ketones (excluding diaryl/α,β-unsaturated/α-hetero) is 1. The topological polar surface area (TPSA) is 103 Å². The van der Waals surface area contributed by atoms with Gasteiger partial charge in [-0.1, -0.05) is 6.92 Å². The Bertz CT molecular complexity index is 974. The summed E-state index contributed by atoms with van der Waals surface area (Å²) in [6.45, 7) is 1.90. The average molecular weight is 395 g/mol. The molecular formula is C21H21N3O5. The lowest BCUT2D eigenvalue weighted by atomic mass is 10.1. The van der Waals surface area contributed by atoms with E-state index in [-0.39, 0.29) is 17.5 Å². The van der Waals surface area contributed by atoms with Crippen LogP contribution in [0.4, 0.5) is 5.69 Å². The summed E-state index contributed by atoms with van der Waals surface area (Å²) in [5.74, 6) is -0.575. The number of anilines is 1. The van der Waals surface area contributed by atoms with Crippen molar-refractivity contribution in [1.29, 1.82) is 0 Å². The zero-order valence-electron chi connectivity index (χ0n) is 16.0. The normalized spacial score (nSPS) is 10.5. The van der Waals surface area contributed by atoms with Crippen LogP contribution in [0.3, 0.4) is 0 Å². The van der Waals surface area contributed by atoms with E-state index < -0.39 is 12.6 Å². The van der Waals surface area contributed by atoms with E-state index >= 15 is 0 Å². The Morgan fingerprint density at radius 1 is 1.14 bits per heavy atom. The fraction of sp³-hybridized carbons (Fsp3) is 0.238. The van der Waals surface area contributed by atoms with Crippen LogP contribution in [0.1, 0.15) is 46.4 Å². The Hall–Kier alpha value is -3.68. The molecule has 0 aliphatic heterocycles. The number of carbonyl (C=O) groups excluding carboxylic acids is 3. The van der Waals surface area contributed by atoms with Crippen molar-refractivity contribution in [3.8, 4) is 0 Å². The van der Waals surface area contributed by atoms with Gasteiger partial charge in [-0.2, -0.15) is 5.10 Å². The van der Waals surface area contributed by atoms with Gasteiger partial charge in [0.2, 0.25) is 11.7 Å². The Balaban J connectivity index is 1.50. The molecule has 0 bridgehead atoms. The van der Waals surface area contributed by atoms with Gasteiger partial charge in [0.15, 0.2) is 12.4 Å². The number of hydrogen-bond donors (Lipinski definition) is 1. The number of carbonyl (C=O) groups is 3. The van der Waals surface area contributed by atoms with Crippen molar-refractivity contribution in [2.45, 2.75) is 26.3 Å². The van der Waals surface area contributed by atoms with Gasteiger partial charge < -0.3 is 14.5 Å². The van der Waals surface area contributed by atoms with Gasteiger partial charge in [0, 0.05) is 30.1 Å². The van der Waals surface area contributed by atoms with Crippen LogP contribution in [-0.2, 0) is 16.1 Å². The number of ether oxygens (including phenoxy) is 1. The minimum Gasteiger partial charge on any atom is -0.452 e. The van der Waals surface area contributed by atoms with Crippen LogP contribution >= 0.6 is 0 Å². The minimum absolute atomic E-state index is 0.0222. The zero-order chi connectivity index (χ0) is 20.6. The average Bonchev–Trinajstić information content (AvgIpc) is 3.39. The van der Waals surface area contributed by atoms with Crippen LogP contribution in [-0.4, -0.2) is 34.0 Å². The van der Waals surface area contributed by atoms with Crippen molar-refractivity contribution in [1.82, 2.24) is 9.78 Å². The second kappa shape index (κ2) is 9.50. The molecule has 150 valence electrons. The molecule has 0 unspecified atom stereocenters. The van der Waals surface area contributed by atoms with Gasteiger partial charge in [-0.15, -0.1) is 0 Å². The molecule has 29 heavy (non-hydrogen) atoms. The summed E-state index contributed by atoms with van der Waals surface area (Å²) in [6, 6.07) is 11.4. The number of furan rings is 1. The highest BCUT2D eigenvalue weighted by molar-refractivity contribution is 5.99. The van der Waals surface area contributed by atoms with Crippen molar-refractivity contribution in [3.63, 3.8) is 0 Å². The SMILES string of the molecule is CCCC(=O)Nc1ccc(C(=O)COC(=O)c2ccc(Cn3cccn3)o2)cc1. The first-order valence-corrected chi connectivity index (χ1v) is 9.21. The first-order chi connectivity index (χ1) is 14.0. The van der Waals surface area contributed by atoms with Gasteiger partial charge in [-0.05, 0) is 48.9 Å². The molecule has 0 saturated carbocycles. The molecule has 1 aromatic carbocycles. The summed E-state index contributed by atoms with van der Waals surface area (Å²) >= 11 is 0. The summed E-state index contributed by atoms with van der Waals surface area (Å²) in [5, 5.41) is 6.81. The molecular weight excluding hydrogens is 374 g/mol.